The number of amides is 1. The van der Waals surface area contributed by atoms with Crippen molar-refractivity contribution in [2.24, 2.45) is 5.10 Å². The molecule has 2 aromatic rings. The van der Waals surface area contributed by atoms with Gasteiger partial charge in [0.05, 0.1) is 4.90 Å². The van der Waals surface area contributed by atoms with Crippen molar-refractivity contribution in [1.29, 1.82) is 0 Å². The van der Waals surface area contributed by atoms with Crippen LogP contribution in [0.3, 0.4) is 0 Å². The molecule has 0 radical (unpaired) electrons. The molecule has 1 aromatic carbocycles. The van der Waals surface area contributed by atoms with E-state index in [1.165, 1.54) is 11.8 Å². The zero-order valence-corrected chi connectivity index (χ0v) is 12.6. The van der Waals surface area contributed by atoms with Crippen LogP contribution in [0, 0.1) is 0 Å². The van der Waals surface area contributed by atoms with Gasteiger partial charge in [0.2, 0.25) is 0 Å². The number of nitrogens with one attached hydrogen (secondary N) is 2. The summed E-state index contributed by atoms with van der Waals surface area (Å²) in [5, 5.41) is 11.0. The Morgan fingerprint density at radius 3 is 2.90 bits per heavy atom. The van der Waals surface area contributed by atoms with E-state index in [-0.39, 0.29) is 5.91 Å². The quantitative estimate of drug-likeness (QED) is 0.908. The van der Waals surface area contributed by atoms with Crippen LogP contribution in [-0.4, -0.2) is 11.0 Å². The number of anilines is 1. The number of benzene rings is 1. The second-order valence-corrected chi connectivity index (χ2v) is 6.44. The van der Waals surface area contributed by atoms with Crippen molar-refractivity contribution in [1.82, 2.24) is 5.32 Å². The SMILES string of the molecule is O=C(NCc1ccc(Cl)cc1)C1=NNc2sccc2S1. The summed E-state index contributed by atoms with van der Waals surface area (Å²) >= 11 is 8.76. The molecule has 20 heavy (non-hydrogen) atoms. The lowest BCUT2D eigenvalue weighted by molar-refractivity contribution is -0.114. The third kappa shape index (κ3) is 2.98. The van der Waals surface area contributed by atoms with E-state index in [2.05, 4.69) is 15.8 Å². The number of fused-ring (bicyclic) bond motifs is 1. The van der Waals surface area contributed by atoms with Gasteiger partial charge in [0.1, 0.15) is 5.00 Å². The maximum atomic E-state index is 12.0. The smallest absolute Gasteiger partial charge is 0.278 e. The van der Waals surface area contributed by atoms with Gasteiger partial charge in [-0.15, -0.1) is 11.3 Å². The molecule has 1 aromatic heterocycles. The molecule has 1 amide bonds. The monoisotopic (exact) mass is 323 g/mol. The topological polar surface area (TPSA) is 53.5 Å². The normalized spacial score (nSPS) is 13.2. The molecule has 4 nitrogen and oxygen atoms in total. The van der Waals surface area contributed by atoms with E-state index in [4.69, 9.17) is 11.6 Å². The highest BCUT2D eigenvalue weighted by Gasteiger charge is 2.20. The number of rotatable bonds is 3. The van der Waals surface area contributed by atoms with Crippen LogP contribution in [0.5, 0.6) is 0 Å². The molecular formula is C13H10ClN3OS2. The van der Waals surface area contributed by atoms with Gasteiger partial charge in [-0.3, -0.25) is 10.2 Å². The number of thiophene rings is 1. The molecule has 0 atom stereocenters. The van der Waals surface area contributed by atoms with E-state index in [0.29, 0.717) is 16.6 Å². The van der Waals surface area contributed by atoms with Gasteiger partial charge in [0.25, 0.3) is 5.91 Å². The van der Waals surface area contributed by atoms with Gasteiger partial charge >= 0.3 is 0 Å². The fourth-order valence-electron chi connectivity index (χ4n) is 1.65. The Hall–Kier alpha value is -1.50. The molecule has 2 heterocycles. The van der Waals surface area contributed by atoms with E-state index in [0.717, 1.165) is 15.5 Å². The van der Waals surface area contributed by atoms with Crippen molar-refractivity contribution < 1.29 is 4.79 Å². The molecule has 0 spiro atoms. The molecule has 0 saturated carbocycles. The zero-order valence-electron chi connectivity index (χ0n) is 10.2. The summed E-state index contributed by atoms with van der Waals surface area (Å²) in [7, 11) is 0. The first-order chi connectivity index (χ1) is 9.72. The number of nitrogens with zero attached hydrogens (tertiary/aromatic N) is 1. The average molecular weight is 324 g/mol. The standard InChI is InChI=1S/C13H10ClN3OS2/c14-9-3-1-8(2-4-9)7-15-11(18)13-17-16-12-10(20-13)5-6-19-12/h1-6,16H,7H2,(H,15,18). The van der Waals surface area contributed by atoms with Crippen LogP contribution in [0.25, 0.3) is 0 Å². The van der Waals surface area contributed by atoms with Crippen molar-refractivity contribution in [3.05, 3.63) is 46.3 Å². The number of hydrazone groups is 1. The molecule has 1 aliphatic rings. The lowest BCUT2D eigenvalue weighted by Crippen LogP contribution is -2.30. The zero-order chi connectivity index (χ0) is 13.9. The molecule has 0 fully saturated rings. The van der Waals surface area contributed by atoms with Gasteiger partial charge in [0.15, 0.2) is 5.04 Å². The number of carbonyl (C=O) groups is 1. The predicted octanol–water partition coefficient (Wildman–Crippen LogP) is 3.55. The third-order valence-corrected chi connectivity index (χ3v) is 4.89. The van der Waals surface area contributed by atoms with Crippen molar-refractivity contribution in [3.8, 4) is 0 Å². The summed E-state index contributed by atoms with van der Waals surface area (Å²) in [4.78, 5) is 13.1. The van der Waals surface area contributed by atoms with E-state index in [9.17, 15) is 4.79 Å². The second-order valence-electron chi connectivity index (χ2n) is 4.05. The van der Waals surface area contributed by atoms with Crippen LogP contribution in [0.15, 0.2) is 45.7 Å². The molecule has 0 unspecified atom stereocenters. The number of halogens is 1. The van der Waals surface area contributed by atoms with Crippen LogP contribution in [0.4, 0.5) is 5.00 Å². The van der Waals surface area contributed by atoms with Gasteiger partial charge in [-0.2, -0.15) is 5.10 Å². The fraction of sp³-hybridized carbons (Fsp3) is 0.0769. The lowest BCUT2D eigenvalue weighted by Gasteiger charge is -2.12. The first-order valence-corrected chi connectivity index (χ1v) is 7.91. The molecule has 102 valence electrons. The van der Waals surface area contributed by atoms with E-state index in [1.807, 2.05) is 23.6 Å². The Balaban J connectivity index is 1.60. The highest BCUT2D eigenvalue weighted by molar-refractivity contribution is 8.16. The van der Waals surface area contributed by atoms with E-state index >= 15 is 0 Å². The lowest BCUT2D eigenvalue weighted by atomic mass is 10.2. The number of hydrogen-bond donors (Lipinski definition) is 2. The van der Waals surface area contributed by atoms with Gasteiger partial charge in [-0.1, -0.05) is 35.5 Å². The maximum absolute atomic E-state index is 12.0. The van der Waals surface area contributed by atoms with Crippen LogP contribution >= 0.6 is 34.7 Å². The second kappa shape index (κ2) is 5.87. The van der Waals surface area contributed by atoms with Crippen LogP contribution in [0.2, 0.25) is 5.02 Å². The number of hydrogen-bond acceptors (Lipinski definition) is 5. The van der Waals surface area contributed by atoms with Crippen molar-refractivity contribution >= 4 is 50.7 Å². The predicted molar refractivity (Wildman–Crippen MR) is 84.5 cm³/mol. The Bertz CT molecular complexity index is 667. The molecule has 0 aliphatic carbocycles. The van der Waals surface area contributed by atoms with Crippen molar-refractivity contribution in [2.45, 2.75) is 11.4 Å². The number of thioether (sulfide) groups is 1. The summed E-state index contributed by atoms with van der Waals surface area (Å²) in [6.45, 7) is 0.450. The maximum Gasteiger partial charge on any atom is 0.278 e. The third-order valence-electron chi connectivity index (χ3n) is 2.66. The van der Waals surface area contributed by atoms with E-state index in [1.54, 1.807) is 23.5 Å². The summed E-state index contributed by atoms with van der Waals surface area (Å²) in [5.74, 6) is -0.186. The van der Waals surface area contributed by atoms with Crippen molar-refractivity contribution in [3.63, 3.8) is 0 Å². The summed E-state index contributed by atoms with van der Waals surface area (Å²) in [6, 6.07) is 9.34. The summed E-state index contributed by atoms with van der Waals surface area (Å²) in [5.41, 5.74) is 3.88. The van der Waals surface area contributed by atoms with Crippen LogP contribution in [-0.2, 0) is 11.3 Å². The van der Waals surface area contributed by atoms with Gasteiger partial charge in [-0.05, 0) is 29.1 Å². The Kier molecular flexibility index (Phi) is 3.95. The average Bonchev–Trinajstić information content (AvgIpc) is 2.93. The van der Waals surface area contributed by atoms with Gasteiger partial charge < -0.3 is 5.32 Å². The highest BCUT2D eigenvalue weighted by atomic mass is 35.5. The Morgan fingerprint density at radius 2 is 2.10 bits per heavy atom. The minimum Gasteiger partial charge on any atom is -0.346 e. The summed E-state index contributed by atoms with van der Waals surface area (Å²) in [6.07, 6.45) is 0. The van der Waals surface area contributed by atoms with Gasteiger partial charge in [0, 0.05) is 11.6 Å². The Morgan fingerprint density at radius 1 is 1.30 bits per heavy atom. The minimum atomic E-state index is -0.186. The summed E-state index contributed by atoms with van der Waals surface area (Å²) < 4.78 is 0. The van der Waals surface area contributed by atoms with Crippen molar-refractivity contribution in [2.75, 3.05) is 5.43 Å². The van der Waals surface area contributed by atoms with Gasteiger partial charge in [-0.25, -0.2) is 0 Å². The molecule has 0 bridgehead atoms. The first kappa shape index (κ1) is 13.5. The van der Waals surface area contributed by atoms with E-state index < -0.39 is 0 Å². The Labute approximate surface area is 129 Å². The molecule has 2 N–H and O–H groups in total. The minimum absolute atomic E-state index is 0.186. The molecular weight excluding hydrogens is 314 g/mol. The molecule has 3 rings (SSSR count). The van der Waals surface area contributed by atoms with Crippen LogP contribution < -0.4 is 10.7 Å². The largest absolute Gasteiger partial charge is 0.346 e. The first-order valence-electron chi connectivity index (χ1n) is 5.84. The van der Waals surface area contributed by atoms with Crippen LogP contribution in [0.1, 0.15) is 5.56 Å². The molecule has 0 saturated heterocycles. The molecule has 7 heteroatoms. The molecule has 1 aliphatic heterocycles. The number of carbonyl (C=O) groups excluding carboxylic acids is 1. The highest BCUT2D eigenvalue weighted by Crippen LogP contribution is 2.36. The fourth-order valence-corrected chi connectivity index (χ4v) is 3.49.